The Morgan fingerprint density at radius 2 is 2.21 bits per heavy atom. The minimum Gasteiger partial charge on any atom is -0.491 e. The molecular weight excluding hydrogens is 238 g/mol. The first kappa shape index (κ1) is 12.9. The van der Waals surface area contributed by atoms with Crippen LogP contribution in [-0.4, -0.2) is 18.8 Å². The van der Waals surface area contributed by atoms with Crippen molar-refractivity contribution in [3.05, 3.63) is 29.3 Å². The molecule has 3 nitrogen and oxygen atoms in total. The highest BCUT2D eigenvalue weighted by atomic mass is 16.5. The van der Waals surface area contributed by atoms with Crippen molar-refractivity contribution in [2.45, 2.75) is 57.3 Å². The average molecular weight is 261 g/mol. The van der Waals surface area contributed by atoms with Gasteiger partial charge in [-0.05, 0) is 62.3 Å². The second-order valence-corrected chi connectivity index (χ2v) is 5.82. The fourth-order valence-corrected chi connectivity index (χ4v) is 3.12. The van der Waals surface area contributed by atoms with Crippen LogP contribution in [0, 0.1) is 0 Å². The van der Waals surface area contributed by atoms with Gasteiger partial charge in [0, 0.05) is 6.04 Å². The van der Waals surface area contributed by atoms with E-state index in [9.17, 15) is 0 Å². The molecule has 0 aromatic heterocycles. The van der Waals surface area contributed by atoms with Crippen molar-refractivity contribution in [3.8, 4) is 5.75 Å². The lowest BCUT2D eigenvalue weighted by Crippen LogP contribution is -2.19. The predicted molar refractivity (Wildman–Crippen MR) is 75.4 cm³/mol. The minimum absolute atomic E-state index is 0.205. The molecule has 3 heteroatoms. The highest BCUT2D eigenvalue weighted by Gasteiger charge is 2.22. The van der Waals surface area contributed by atoms with Gasteiger partial charge in [0.25, 0.3) is 0 Å². The van der Waals surface area contributed by atoms with Crippen LogP contribution in [0.25, 0.3) is 0 Å². The molecule has 1 aromatic carbocycles. The van der Waals surface area contributed by atoms with Crippen LogP contribution in [0.4, 0.5) is 0 Å². The van der Waals surface area contributed by atoms with Gasteiger partial charge in [0.1, 0.15) is 12.4 Å². The van der Waals surface area contributed by atoms with E-state index in [1.807, 2.05) is 6.07 Å². The quantitative estimate of drug-likeness (QED) is 0.909. The Kier molecular flexibility index (Phi) is 3.76. The van der Waals surface area contributed by atoms with Crippen molar-refractivity contribution in [2.24, 2.45) is 5.73 Å². The predicted octanol–water partition coefficient (Wildman–Crippen LogP) is 2.97. The first-order valence-corrected chi connectivity index (χ1v) is 7.39. The maximum Gasteiger partial charge on any atom is 0.119 e. The van der Waals surface area contributed by atoms with E-state index in [2.05, 4.69) is 19.1 Å². The number of rotatable bonds is 3. The van der Waals surface area contributed by atoms with E-state index in [1.165, 1.54) is 17.5 Å². The lowest BCUT2D eigenvalue weighted by molar-refractivity contribution is 0.0264. The van der Waals surface area contributed by atoms with Gasteiger partial charge in [0.05, 0.1) is 12.2 Å². The highest BCUT2D eigenvalue weighted by Crippen LogP contribution is 2.31. The molecule has 19 heavy (non-hydrogen) atoms. The van der Waals surface area contributed by atoms with Crippen molar-refractivity contribution < 1.29 is 9.47 Å². The van der Waals surface area contributed by atoms with Gasteiger partial charge in [-0.15, -0.1) is 0 Å². The highest BCUT2D eigenvalue weighted by molar-refractivity contribution is 5.38. The third kappa shape index (κ3) is 2.93. The number of fused-ring (bicyclic) bond motifs is 1. The van der Waals surface area contributed by atoms with E-state index in [4.69, 9.17) is 15.2 Å². The van der Waals surface area contributed by atoms with Crippen LogP contribution >= 0.6 is 0 Å². The zero-order valence-electron chi connectivity index (χ0n) is 11.6. The zero-order chi connectivity index (χ0) is 13.2. The molecule has 3 atom stereocenters. The van der Waals surface area contributed by atoms with Gasteiger partial charge in [0.15, 0.2) is 0 Å². The molecule has 0 saturated carbocycles. The van der Waals surface area contributed by atoms with Gasteiger partial charge in [-0.1, -0.05) is 6.07 Å². The summed E-state index contributed by atoms with van der Waals surface area (Å²) in [6, 6.07) is 6.54. The van der Waals surface area contributed by atoms with Crippen molar-refractivity contribution in [2.75, 3.05) is 6.61 Å². The van der Waals surface area contributed by atoms with E-state index in [1.54, 1.807) is 0 Å². The lowest BCUT2D eigenvalue weighted by Gasteiger charge is -2.23. The van der Waals surface area contributed by atoms with Crippen LogP contribution in [0.5, 0.6) is 5.75 Å². The molecule has 0 spiro atoms. The number of aryl methyl sites for hydroxylation is 1. The molecule has 1 saturated heterocycles. The van der Waals surface area contributed by atoms with Gasteiger partial charge in [0.2, 0.25) is 0 Å². The second kappa shape index (κ2) is 5.51. The van der Waals surface area contributed by atoms with Gasteiger partial charge in [-0.2, -0.15) is 0 Å². The summed E-state index contributed by atoms with van der Waals surface area (Å²) in [6.07, 6.45) is 6.30. The average Bonchev–Trinajstić information content (AvgIpc) is 2.82. The minimum atomic E-state index is 0.205. The molecule has 1 heterocycles. The second-order valence-electron chi connectivity index (χ2n) is 5.82. The van der Waals surface area contributed by atoms with E-state index >= 15 is 0 Å². The Balaban J connectivity index is 1.62. The molecule has 1 aliphatic heterocycles. The lowest BCUT2D eigenvalue weighted by atomic mass is 9.88. The SMILES string of the molecule is CC1CCC(COc2ccc3c(c2)CCCC3N)O1. The van der Waals surface area contributed by atoms with E-state index < -0.39 is 0 Å². The first-order chi connectivity index (χ1) is 9.22. The summed E-state index contributed by atoms with van der Waals surface area (Å²) in [5.74, 6) is 0.955. The van der Waals surface area contributed by atoms with Crippen LogP contribution in [0.1, 0.15) is 49.8 Å². The molecule has 0 amide bonds. The van der Waals surface area contributed by atoms with Gasteiger partial charge < -0.3 is 15.2 Å². The summed E-state index contributed by atoms with van der Waals surface area (Å²) in [7, 11) is 0. The molecule has 3 unspecified atom stereocenters. The summed E-state index contributed by atoms with van der Waals surface area (Å²) >= 11 is 0. The molecule has 0 bridgehead atoms. The summed E-state index contributed by atoms with van der Waals surface area (Å²) in [5.41, 5.74) is 8.78. The fraction of sp³-hybridized carbons (Fsp3) is 0.625. The number of nitrogens with two attached hydrogens (primary N) is 1. The molecular formula is C16H23NO2. The van der Waals surface area contributed by atoms with Crippen LogP contribution in [0.3, 0.4) is 0 Å². The molecule has 1 aliphatic carbocycles. The number of benzene rings is 1. The van der Waals surface area contributed by atoms with E-state index in [0.717, 1.165) is 31.4 Å². The van der Waals surface area contributed by atoms with Crippen molar-refractivity contribution >= 4 is 0 Å². The molecule has 0 radical (unpaired) electrons. The van der Waals surface area contributed by atoms with Gasteiger partial charge in [-0.3, -0.25) is 0 Å². The van der Waals surface area contributed by atoms with Crippen LogP contribution < -0.4 is 10.5 Å². The van der Waals surface area contributed by atoms with E-state index in [-0.39, 0.29) is 12.1 Å². The molecule has 1 aromatic rings. The Hall–Kier alpha value is -1.06. The molecule has 2 aliphatic rings. The molecule has 1 fully saturated rings. The molecule has 104 valence electrons. The summed E-state index contributed by atoms with van der Waals surface area (Å²) in [4.78, 5) is 0. The van der Waals surface area contributed by atoms with Gasteiger partial charge >= 0.3 is 0 Å². The van der Waals surface area contributed by atoms with Crippen molar-refractivity contribution in [1.82, 2.24) is 0 Å². The smallest absolute Gasteiger partial charge is 0.119 e. The third-order valence-electron chi connectivity index (χ3n) is 4.23. The topological polar surface area (TPSA) is 44.5 Å². The number of hydrogen-bond acceptors (Lipinski definition) is 3. The molecule has 3 rings (SSSR count). The summed E-state index contributed by atoms with van der Waals surface area (Å²) in [5, 5.41) is 0. The maximum atomic E-state index is 6.12. The molecule has 2 N–H and O–H groups in total. The Labute approximate surface area is 115 Å². The Morgan fingerprint density at radius 3 is 3.00 bits per heavy atom. The number of hydrogen-bond donors (Lipinski definition) is 1. The largest absolute Gasteiger partial charge is 0.491 e. The van der Waals surface area contributed by atoms with Crippen molar-refractivity contribution in [1.29, 1.82) is 0 Å². The monoisotopic (exact) mass is 261 g/mol. The van der Waals surface area contributed by atoms with Gasteiger partial charge in [-0.25, -0.2) is 0 Å². The standard InChI is InChI=1S/C16H23NO2/c1-11-5-6-14(19-11)10-18-13-7-8-15-12(9-13)3-2-4-16(15)17/h7-9,11,14,16H,2-6,10,17H2,1H3. The van der Waals surface area contributed by atoms with E-state index in [0.29, 0.717) is 12.7 Å². The Bertz CT molecular complexity index is 446. The fourth-order valence-electron chi connectivity index (χ4n) is 3.12. The van der Waals surface area contributed by atoms with Crippen molar-refractivity contribution in [3.63, 3.8) is 0 Å². The summed E-state index contributed by atoms with van der Waals surface area (Å²) in [6.45, 7) is 2.79. The Morgan fingerprint density at radius 1 is 1.32 bits per heavy atom. The van der Waals surface area contributed by atoms with Crippen LogP contribution in [0.2, 0.25) is 0 Å². The summed E-state index contributed by atoms with van der Waals surface area (Å²) < 4.78 is 11.6. The number of ether oxygens (including phenoxy) is 2. The zero-order valence-corrected chi connectivity index (χ0v) is 11.6. The van der Waals surface area contributed by atoms with Crippen LogP contribution in [0.15, 0.2) is 18.2 Å². The first-order valence-electron chi connectivity index (χ1n) is 7.39. The maximum absolute atomic E-state index is 6.12. The normalized spacial score (nSPS) is 30.1. The van der Waals surface area contributed by atoms with Crippen LogP contribution in [-0.2, 0) is 11.2 Å². The third-order valence-corrected chi connectivity index (χ3v) is 4.23.